The lowest BCUT2D eigenvalue weighted by Gasteiger charge is -2.31. The molecule has 2 rings (SSSR count). The Bertz CT molecular complexity index is 369. The molecule has 70 valence electrons. The Hall–Kier alpha value is -0.840. The van der Waals surface area contributed by atoms with Gasteiger partial charge in [0.15, 0.2) is 0 Å². The number of carbonyl (C=O) groups is 1. The van der Waals surface area contributed by atoms with Crippen molar-refractivity contribution in [2.45, 2.75) is 25.9 Å². The second kappa shape index (κ2) is 2.57. The van der Waals surface area contributed by atoms with E-state index in [1.807, 2.05) is 13.8 Å². The molecule has 0 saturated heterocycles. The molecule has 1 amide bonds. The van der Waals surface area contributed by atoms with Gasteiger partial charge in [-0.15, -0.1) is 0 Å². The zero-order valence-corrected chi connectivity index (χ0v) is 9.05. The molecule has 13 heavy (non-hydrogen) atoms. The van der Waals surface area contributed by atoms with Gasteiger partial charge in [-0.2, -0.15) is 5.10 Å². The maximum atomic E-state index is 11.5. The minimum absolute atomic E-state index is 0.0607. The van der Waals surface area contributed by atoms with Crippen LogP contribution in [0.4, 0.5) is 0 Å². The largest absolute Gasteiger partial charge is 0.344 e. The van der Waals surface area contributed by atoms with Crippen LogP contribution in [0.5, 0.6) is 0 Å². The number of nitrogens with one attached hydrogen (secondary N) is 1. The van der Waals surface area contributed by atoms with Crippen LogP contribution in [0.3, 0.4) is 0 Å². The van der Waals surface area contributed by atoms with Gasteiger partial charge >= 0.3 is 0 Å². The van der Waals surface area contributed by atoms with Crippen molar-refractivity contribution in [3.63, 3.8) is 0 Å². The van der Waals surface area contributed by atoms with Crippen LogP contribution in [0.25, 0.3) is 0 Å². The number of halogens is 1. The Morgan fingerprint density at radius 1 is 1.69 bits per heavy atom. The van der Waals surface area contributed by atoms with Crippen molar-refractivity contribution in [1.29, 1.82) is 0 Å². The van der Waals surface area contributed by atoms with E-state index in [1.54, 1.807) is 10.7 Å². The monoisotopic (exact) mass is 243 g/mol. The molecule has 1 aromatic rings. The van der Waals surface area contributed by atoms with Crippen LogP contribution in [-0.2, 0) is 6.54 Å². The van der Waals surface area contributed by atoms with Gasteiger partial charge in [-0.1, -0.05) is 0 Å². The van der Waals surface area contributed by atoms with Crippen LogP contribution >= 0.6 is 15.9 Å². The third-order valence-electron chi connectivity index (χ3n) is 1.98. The van der Waals surface area contributed by atoms with Crippen LogP contribution in [-0.4, -0.2) is 21.2 Å². The molecule has 0 fully saturated rings. The van der Waals surface area contributed by atoms with E-state index in [4.69, 9.17) is 0 Å². The van der Waals surface area contributed by atoms with Crippen LogP contribution in [0.1, 0.15) is 24.3 Å². The molecule has 1 aliphatic rings. The summed E-state index contributed by atoms with van der Waals surface area (Å²) >= 11 is 3.25. The van der Waals surface area contributed by atoms with Crippen molar-refractivity contribution >= 4 is 21.8 Å². The number of nitrogens with zero attached hydrogens (tertiary/aromatic N) is 2. The standard InChI is InChI=1S/C8H10BrN3O/c1-8(2)4-12-5(7(13)10-8)3-6(9)11-12/h3H,4H2,1-2H3,(H,10,13). The fourth-order valence-corrected chi connectivity index (χ4v) is 1.88. The van der Waals surface area contributed by atoms with Gasteiger partial charge in [0.05, 0.1) is 12.1 Å². The van der Waals surface area contributed by atoms with E-state index in [2.05, 4.69) is 26.3 Å². The normalized spacial score (nSPS) is 19.5. The first-order valence-corrected chi connectivity index (χ1v) is 4.83. The summed E-state index contributed by atoms with van der Waals surface area (Å²) in [5, 5.41) is 7.07. The Kier molecular flexibility index (Phi) is 1.73. The molecule has 0 spiro atoms. The Morgan fingerprint density at radius 3 is 3.08 bits per heavy atom. The summed E-state index contributed by atoms with van der Waals surface area (Å²) < 4.78 is 2.43. The fourth-order valence-electron chi connectivity index (χ4n) is 1.47. The summed E-state index contributed by atoms with van der Waals surface area (Å²) in [4.78, 5) is 11.5. The maximum Gasteiger partial charge on any atom is 0.270 e. The van der Waals surface area contributed by atoms with E-state index in [0.29, 0.717) is 16.8 Å². The summed E-state index contributed by atoms with van der Waals surface area (Å²) in [5.41, 5.74) is 0.404. The number of hydrogen-bond donors (Lipinski definition) is 1. The molecule has 4 nitrogen and oxygen atoms in total. The van der Waals surface area contributed by atoms with Gasteiger partial charge in [0.2, 0.25) is 0 Å². The summed E-state index contributed by atoms with van der Waals surface area (Å²) in [6.45, 7) is 4.66. The summed E-state index contributed by atoms with van der Waals surface area (Å²) in [5.74, 6) is -0.0607. The Balaban J connectivity index is 2.48. The molecule has 5 heteroatoms. The molecule has 1 aliphatic heterocycles. The van der Waals surface area contributed by atoms with Gasteiger partial charge in [-0.05, 0) is 29.8 Å². The predicted octanol–water partition coefficient (Wildman–Crippen LogP) is 1.17. The van der Waals surface area contributed by atoms with Gasteiger partial charge in [0.25, 0.3) is 5.91 Å². The molecule has 0 unspecified atom stereocenters. The van der Waals surface area contributed by atoms with E-state index in [0.717, 1.165) is 0 Å². The quantitative estimate of drug-likeness (QED) is 0.744. The maximum absolute atomic E-state index is 11.5. The number of fused-ring (bicyclic) bond motifs is 1. The number of aromatic nitrogens is 2. The van der Waals surface area contributed by atoms with Crippen LogP contribution in [0.15, 0.2) is 10.7 Å². The highest BCUT2D eigenvalue weighted by atomic mass is 79.9. The third-order valence-corrected chi connectivity index (χ3v) is 2.37. The number of amides is 1. The van der Waals surface area contributed by atoms with E-state index in [1.165, 1.54) is 0 Å². The molecule has 0 bridgehead atoms. The van der Waals surface area contributed by atoms with Crippen molar-refractivity contribution < 1.29 is 4.79 Å². The third kappa shape index (κ3) is 1.48. The minimum Gasteiger partial charge on any atom is -0.344 e. The molecule has 0 aliphatic carbocycles. The lowest BCUT2D eigenvalue weighted by molar-refractivity contribution is 0.0855. The second-order valence-electron chi connectivity index (χ2n) is 3.85. The molecule has 0 saturated carbocycles. The first kappa shape index (κ1) is 8.74. The topological polar surface area (TPSA) is 46.9 Å². The Morgan fingerprint density at radius 2 is 2.38 bits per heavy atom. The van der Waals surface area contributed by atoms with Gasteiger partial charge < -0.3 is 5.32 Å². The lowest BCUT2D eigenvalue weighted by atomic mass is 10.0. The minimum atomic E-state index is -0.213. The second-order valence-corrected chi connectivity index (χ2v) is 4.66. The highest BCUT2D eigenvalue weighted by Crippen LogP contribution is 2.19. The summed E-state index contributed by atoms with van der Waals surface area (Å²) in [6, 6.07) is 1.73. The summed E-state index contributed by atoms with van der Waals surface area (Å²) in [6.07, 6.45) is 0. The smallest absolute Gasteiger partial charge is 0.270 e. The van der Waals surface area contributed by atoms with Crippen molar-refractivity contribution in [3.8, 4) is 0 Å². The molecular formula is C8H10BrN3O. The number of carbonyl (C=O) groups excluding carboxylic acids is 1. The number of rotatable bonds is 0. The zero-order valence-electron chi connectivity index (χ0n) is 7.47. The summed E-state index contributed by atoms with van der Waals surface area (Å²) in [7, 11) is 0. The van der Waals surface area contributed by atoms with E-state index in [-0.39, 0.29) is 11.4 Å². The molecule has 1 N–H and O–H groups in total. The fraction of sp³-hybridized carbons (Fsp3) is 0.500. The van der Waals surface area contributed by atoms with Crippen LogP contribution < -0.4 is 5.32 Å². The highest BCUT2D eigenvalue weighted by Gasteiger charge is 2.30. The predicted molar refractivity (Wildman–Crippen MR) is 51.5 cm³/mol. The van der Waals surface area contributed by atoms with E-state index >= 15 is 0 Å². The average molecular weight is 244 g/mol. The highest BCUT2D eigenvalue weighted by molar-refractivity contribution is 9.10. The first-order valence-electron chi connectivity index (χ1n) is 4.04. The SMILES string of the molecule is CC1(C)Cn2nc(Br)cc2C(=O)N1. The van der Waals surface area contributed by atoms with Crippen molar-refractivity contribution in [2.24, 2.45) is 0 Å². The molecule has 0 aromatic carbocycles. The van der Waals surface area contributed by atoms with Crippen molar-refractivity contribution in [2.75, 3.05) is 0 Å². The average Bonchev–Trinajstić information content (AvgIpc) is 2.27. The first-order chi connectivity index (χ1) is 5.98. The lowest BCUT2D eigenvalue weighted by Crippen LogP contribution is -2.51. The van der Waals surface area contributed by atoms with Crippen LogP contribution in [0, 0.1) is 0 Å². The van der Waals surface area contributed by atoms with Gasteiger partial charge in [-0.3, -0.25) is 9.48 Å². The van der Waals surface area contributed by atoms with E-state index < -0.39 is 0 Å². The van der Waals surface area contributed by atoms with Crippen molar-refractivity contribution in [1.82, 2.24) is 15.1 Å². The zero-order chi connectivity index (χ0) is 9.64. The molecule has 1 aromatic heterocycles. The Labute approximate surface area is 84.4 Å². The molecular weight excluding hydrogens is 234 g/mol. The van der Waals surface area contributed by atoms with Gasteiger partial charge in [0.1, 0.15) is 10.3 Å². The molecule has 0 radical (unpaired) electrons. The molecule has 0 atom stereocenters. The van der Waals surface area contributed by atoms with Gasteiger partial charge in [0, 0.05) is 6.07 Å². The molecule has 2 heterocycles. The number of hydrogen-bond acceptors (Lipinski definition) is 2. The van der Waals surface area contributed by atoms with E-state index in [9.17, 15) is 4.79 Å². The van der Waals surface area contributed by atoms with Crippen molar-refractivity contribution in [3.05, 3.63) is 16.4 Å². The van der Waals surface area contributed by atoms with Crippen LogP contribution in [0.2, 0.25) is 0 Å². The van der Waals surface area contributed by atoms with Gasteiger partial charge in [-0.25, -0.2) is 0 Å².